The summed E-state index contributed by atoms with van der Waals surface area (Å²) < 4.78 is 4.53. The van der Waals surface area contributed by atoms with Crippen molar-refractivity contribution in [2.75, 3.05) is 0 Å². The number of ketones is 2. The number of rotatable bonds is 1. The number of carbonyl (C=O) groups excluding carboxylic acids is 2. The van der Waals surface area contributed by atoms with E-state index in [1.54, 1.807) is 12.1 Å². The van der Waals surface area contributed by atoms with E-state index in [0.29, 0.717) is 0 Å². The molecule has 0 atom stereocenters. The van der Waals surface area contributed by atoms with Crippen molar-refractivity contribution in [3.05, 3.63) is 58.7 Å². The van der Waals surface area contributed by atoms with E-state index in [0.717, 1.165) is 12.1 Å². The minimum Gasteiger partial charge on any atom is -0.507 e. The number of hydrogen-bond donors (Lipinski definition) is 2. The molecule has 0 unspecified atom stereocenters. The van der Waals surface area contributed by atoms with Crippen LogP contribution < -0.4 is 4.74 Å². The fourth-order valence-corrected chi connectivity index (χ4v) is 2.36. The number of carboxylic acid groups (broad SMARTS) is 1. The van der Waals surface area contributed by atoms with Crippen molar-refractivity contribution < 1.29 is 29.3 Å². The van der Waals surface area contributed by atoms with E-state index < -0.39 is 23.5 Å². The lowest BCUT2D eigenvalue weighted by molar-refractivity contribution is 0.0971. The Balaban J connectivity index is 2.31. The largest absolute Gasteiger partial charge is 0.511 e. The molecule has 0 heterocycles. The molecule has 2 N–H and O–H groups in total. The summed E-state index contributed by atoms with van der Waals surface area (Å²) in [5, 5.41) is 18.6. The second-order valence-electron chi connectivity index (χ2n) is 4.40. The van der Waals surface area contributed by atoms with E-state index in [4.69, 9.17) is 5.11 Å². The summed E-state index contributed by atoms with van der Waals surface area (Å²) in [5.74, 6) is -1.78. The first-order valence-electron chi connectivity index (χ1n) is 5.96. The Kier molecular flexibility index (Phi) is 2.72. The number of phenolic OH excluding ortho intramolecular Hbond substituents is 1. The van der Waals surface area contributed by atoms with E-state index >= 15 is 0 Å². The van der Waals surface area contributed by atoms with Crippen LogP contribution in [0.25, 0.3) is 0 Å². The molecular weight excluding hydrogens is 276 g/mol. The predicted octanol–water partition coefficient (Wildman–Crippen LogP) is 2.22. The average molecular weight is 284 g/mol. The maximum absolute atomic E-state index is 12.5. The molecule has 0 aromatic heterocycles. The molecule has 2 aromatic carbocycles. The smallest absolute Gasteiger partial charge is 0.507 e. The van der Waals surface area contributed by atoms with Gasteiger partial charge in [0.2, 0.25) is 0 Å². The van der Waals surface area contributed by atoms with Gasteiger partial charge in [0.15, 0.2) is 11.6 Å². The Hall–Kier alpha value is -3.15. The fourth-order valence-electron chi connectivity index (χ4n) is 2.36. The van der Waals surface area contributed by atoms with Crippen LogP contribution in [0.1, 0.15) is 31.8 Å². The van der Waals surface area contributed by atoms with E-state index in [1.165, 1.54) is 12.1 Å². The molecule has 3 rings (SSSR count). The first-order chi connectivity index (χ1) is 10.0. The van der Waals surface area contributed by atoms with E-state index in [-0.39, 0.29) is 28.0 Å². The first-order valence-corrected chi connectivity index (χ1v) is 5.96. The predicted molar refractivity (Wildman–Crippen MR) is 70.1 cm³/mol. The number of phenols is 1. The summed E-state index contributed by atoms with van der Waals surface area (Å²) in [6.45, 7) is 0. The van der Waals surface area contributed by atoms with Gasteiger partial charge in [-0.3, -0.25) is 9.59 Å². The first kappa shape index (κ1) is 12.9. The van der Waals surface area contributed by atoms with Gasteiger partial charge in [-0.15, -0.1) is 0 Å². The van der Waals surface area contributed by atoms with Gasteiger partial charge in [0, 0.05) is 11.1 Å². The van der Waals surface area contributed by atoms with Crippen molar-refractivity contribution in [1.82, 2.24) is 0 Å². The Bertz CT molecular complexity index is 806. The zero-order valence-electron chi connectivity index (χ0n) is 10.5. The summed E-state index contributed by atoms with van der Waals surface area (Å²) in [6, 6.07) is 8.40. The van der Waals surface area contributed by atoms with Gasteiger partial charge in [0.25, 0.3) is 0 Å². The van der Waals surface area contributed by atoms with E-state index in [2.05, 4.69) is 4.74 Å². The normalized spacial score (nSPS) is 12.6. The molecule has 0 saturated heterocycles. The molecule has 6 heteroatoms. The lowest BCUT2D eigenvalue weighted by atomic mass is 9.83. The molecule has 0 aliphatic heterocycles. The second-order valence-corrected chi connectivity index (χ2v) is 4.40. The van der Waals surface area contributed by atoms with Crippen molar-refractivity contribution in [2.45, 2.75) is 0 Å². The molecule has 0 amide bonds. The minimum absolute atomic E-state index is 0.149. The van der Waals surface area contributed by atoms with Gasteiger partial charge in [-0.2, -0.15) is 0 Å². The van der Waals surface area contributed by atoms with Gasteiger partial charge in [0.05, 0.1) is 11.1 Å². The van der Waals surface area contributed by atoms with Crippen LogP contribution in [0.4, 0.5) is 4.79 Å². The van der Waals surface area contributed by atoms with Gasteiger partial charge < -0.3 is 14.9 Å². The lowest BCUT2D eigenvalue weighted by Gasteiger charge is -2.19. The van der Waals surface area contributed by atoms with Crippen LogP contribution in [-0.2, 0) is 0 Å². The van der Waals surface area contributed by atoms with Crippen molar-refractivity contribution in [3.63, 3.8) is 0 Å². The molecule has 0 fully saturated rings. The third-order valence-electron chi connectivity index (χ3n) is 3.21. The SMILES string of the molecule is O=C(O)Oc1ccc(O)c2c1C(=O)c1ccccc1C2=O. The standard InChI is InChI=1S/C15H8O6/c16-9-5-6-10(21-15(19)20)12-11(9)13(17)7-3-1-2-4-8(7)14(12)18/h1-6,16H,(H,19,20). The quantitative estimate of drug-likeness (QED) is 0.525. The highest BCUT2D eigenvalue weighted by Gasteiger charge is 2.35. The third kappa shape index (κ3) is 1.85. The highest BCUT2D eigenvalue weighted by atomic mass is 16.7. The van der Waals surface area contributed by atoms with Gasteiger partial charge in [-0.25, -0.2) is 4.79 Å². The van der Waals surface area contributed by atoms with Crippen LogP contribution in [0.2, 0.25) is 0 Å². The van der Waals surface area contributed by atoms with Crippen LogP contribution in [0, 0.1) is 0 Å². The third-order valence-corrected chi connectivity index (χ3v) is 3.21. The monoisotopic (exact) mass is 284 g/mol. The van der Waals surface area contributed by atoms with E-state index in [1.807, 2.05) is 0 Å². The molecular formula is C15H8O6. The molecule has 0 saturated carbocycles. The summed E-state index contributed by atoms with van der Waals surface area (Å²) in [6.07, 6.45) is -1.61. The van der Waals surface area contributed by atoms with Crippen LogP contribution in [0.3, 0.4) is 0 Å². The molecule has 0 spiro atoms. The summed E-state index contributed by atoms with van der Waals surface area (Å²) in [5.41, 5.74) is -0.160. The highest BCUT2D eigenvalue weighted by Crippen LogP contribution is 2.37. The van der Waals surface area contributed by atoms with Crippen LogP contribution in [0.15, 0.2) is 36.4 Å². The molecule has 2 aromatic rings. The van der Waals surface area contributed by atoms with Crippen molar-refractivity contribution in [3.8, 4) is 11.5 Å². The summed E-state index contributed by atoms with van der Waals surface area (Å²) >= 11 is 0. The number of fused-ring (bicyclic) bond motifs is 2. The molecule has 21 heavy (non-hydrogen) atoms. The summed E-state index contributed by atoms with van der Waals surface area (Å²) in [7, 11) is 0. The highest BCUT2D eigenvalue weighted by molar-refractivity contribution is 6.30. The Morgan fingerprint density at radius 3 is 2.05 bits per heavy atom. The molecule has 1 aliphatic carbocycles. The van der Waals surface area contributed by atoms with Gasteiger partial charge in [-0.1, -0.05) is 24.3 Å². The Morgan fingerprint density at radius 1 is 0.905 bits per heavy atom. The van der Waals surface area contributed by atoms with E-state index in [9.17, 15) is 19.5 Å². The second kappa shape index (κ2) is 4.45. The molecule has 0 bridgehead atoms. The van der Waals surface area contributed by atoms with Gasteiger partial charge in [0.1, 0.15) is 11.5 Å². The maximum Gasteiger partial charge on any atom is 0.511 e. The van der Waals surface area contributed by atoms with Crippen molar-refractivity contribution in [1.29, 1.82) is 0 Å². The lowest BCUT2D eigenvalue weighted by Crippen LogP contribution is -2.22. The van der Waals surface area contributed by atoms with Crippen molar-refractivity contribution >= 4 is 17.7 Å². The molecule has 0 radical (unpaired) electrons. The maximum atomic E-state index is 12.5. The molecule has 104 valence electrons. The van der Waals surface area contributed by atoms with Gasteiger partial charge in [-0.05, 0) is 12.1 Å². The topological polar surface area (TPSA) is 101 Å². The Labute approximate surface area is 118 Å². The molecule has 6 nitrogen and oxygen atoms in total. The van der Waals surface area contributed by atoms with Crippen LogP contribution >= 0.6 is 0 Å². The number of hydrogen-bond acceptors (Lipinski definition) is 5. The zero-order chi connectivity index (χ0) is 15.1. The zero-order valence-corrected chi connectivity index (χ0v) is 10.5. The summed E-state index contributed by atoms with van der Waals surface area (Å²) in [4.78, 5) is 35.6. The Morgan fingerprint density at radius 2 is 1.48 bits per heavy atom. The fraction of sp³-hybridized carbons (Fsp3) is 0. The minimum atomic E-state index is -1.61. The average Bonchev–Trinajstić information content (AvgIpc) is 2.46. The number of ether oxygens (including phenoxy) is 1. The number of aromatic hydroxyl groups is 1. The van der Waals surface area contributed by atoms with Crippen molar-refractivity contribution in [2.24, 2.45) is 0 Å². The molecule has 1 aliphatic rings. The number of benzene rings is 2. The van der Waals surface area contributed by atoms with Crippen LogP contribution in [0.5, 0.6) is 11.5 Å². The van der Waals surface area contributed by atoms with Gasteiger partial charge >= 0.3 is 6.16 Å². The van der Waals surface area contributed by atoms with Crippen LogP contribution in [-0.4, -0.2) is 27.9 Å². The number of carbonyl (C=O) groups is 3.